The molecule has 0 spiro atoms. The molecule has 0 atom stereocenters. The molecule has 182 valence electrons. The monoisotopic (exact) mass is 502 g/mol. The van der Waals surface area contributed by atoms with Gasteiger partial charge in [-0.2, -0.15) is 13.2 Å². The van der Waals surface area contributed by atoms with Crippen LogP contribution in [0.4, 0.5) is 13.2 Å². The number of ether oxygens (including phenoxy) is 1. The number of aromatic nitrogens is 3. The van der Waals surface area contributed by atoms with Gasteiger partial charge < -0.3 is 9.64 Å². The van der Waals surface area contributed by atoms with E-state index in [0.717, 1.165) is 25.0 Å². The highest BCUT2D eigenvalue weighted by Gasteiger charge is 2.35. The fraction of sp³-hybridized carbons (Fsp3) is 0.360. The van der Waals surface area contributed by atoms with Gasteiger partial charge in [0.1, 0.15) is 11.8 Å². The SMILES string of the molecule is O=C(C1CC1)N1CCC(Oc2cnc(-c3ccc(C(F)(F)F)cc3)c(-c3ccncc3Cl)n2)CC1. The number of rotatable bonds is 5. The van der Waals surface area contributed by atoms with E-state index in [2.05, 4.69) is 15.0 Å². The lowest BCUT2D eigenvalue weighted by Crippen LogP contribution is -2.42. The second kappa shape index (κ2) is 9.45. The third-order valence-electron chi connectivity index (χ3n) is 6.23. The minimum absolute atomic E-state index is 0.120. The van der Waals surface area contributed by atoms with Crippen LogP contribution in [0.15, 0.2) is 48.9 Å². The van der Waals surface area contributed by atoms with Crippen molar-refractivity contribution in [2.45, 2.75) is 38.0 Å². The van der Waals surface area contributed by atoms with Crippen LogP contribution in [-0.2, 0) is 11.0 Å². The van der Waals surface area contributed by atoms with E-state index in [0.29, 0.717) is 53.5 Å². The minimum atomic E-state index is -4.43. The Labute approximate surface area is 205 Å². The largest absolute Gasteiger partial charge is 0.473 e. The van der Waals surface area contributed by atoms with Crippen molar-refractivity contribution < 1.29 is 22.7 Å². The molecule has 5 rings (SSSR count). The van der Waals surface area contributed by atoms with Crippen LogP contribution in [0.25, 0.3) is 22.5 Å². The average molecular weight is 503 g/mol. The average Bonchev–Trinajstić information content (AvgIpc) is 3.70. The second-order valence-corrected chi connectivity index (χ2v) is 9.16. The summed E-state index contributed by atoms with van der Waals surface area (Å²) in [4.78, 5) is 27.3. The van der Waals surface area contributed by atoms with Crippen molar-refractivity contribution in [2.24, 2.45) is 5.92 Å². The molecule has 0 unspecified atom stereocenters. The zero-order valence-corrected chi connectivity index (χ0v) is 19.4. The molecule has 1 aromatic carbocycles. The van der Waals surface area contributed by atoms with Crippen LogP contribution in [0.1, 0.15) is 31.2 Å². The topological polar surface area (TPSA) is 68.2 Å². The summed E-state index contributed by atoms with van der Waals surface area (Å²) in [5.41, 5.74) is 1.02. The highest BCUT2D eigenvalue weighted by atomic mass is 35.5. The maximum atomic E-state index is 13.0. The van der Waals surface area contributed by atoms with E-state index in [9.17, 15) is 18.0 Å². The van der Waals surface area contributed by atoms with Gasteiger partial charge in [-0.25, -0.2) is 9.97 Å². The zero-order valence-electron chi connectivity index (χ0n) is 18.6. The molecular formula is C25H22ClF3N4O2. The first-order valence-corrected chi connectivity index (χ1v) is 11.8. The van der Waals surface area contributed by atoms with E-state index in [1.807, 2.05) is 4.90 Å². The lowest BCUT2D eigenvalue weighted by molar-refractivity contribution is -0.137. The predicted molar refractivity (Wildman–Crippen MR) is 124 cm³/mol. The van der Waals surface area contributed by atoms with Crippen molar-refractivity contribution in [2.75, 3.05) is 13.1 Å². The Morgan fingerprint density at radius 1 is 1.00 bits per heavy atom. The van der Waals surface area contributed by atoms with Gasteiger partial charge in [0.25, 0.3) is 0 Å². The first-order chi connectivity index (χ1) is 16.8. The number of hydrogen-bond donors (Lipinski definition) is 0. The number of nitrogens with zero attached hydrogens (tertiary/aromatic N) is 4. The van der Waals surface area contributed by atoms with Crippen molar-refractivity contribution in [3.8, 4) is 28.4 Å². The number of pyridine rings is 1. The summed E-state index contributed by atoms with van der Waals surface area (Å²) in [6.45, 7) is 1.28. The third-order valence-corrected chi connectivity index (χ3v) is 6.53. The van der Waals surface area contributed by atoms with Crippen LogP contribution in [0, 0.1) is 5.92 Å². The molecule has 1 saturated heterocycles. The summed E-state index contributed by atoms with van der Waals surface area (Å²) < 4.78 is 45.1. The molecular weight excluding hydrogens is 481 g/mol. The first kappa shape index (κ1) is 23.5. The third kappa shape index (κ3) is 5.24. The Bertz CT molecular complexity index is 1220. The standard InChI is InChI=1S/C25H22ClF3N4O2/c26-20-13-30-10-7-19(20)23-22(15-3-5-17(6-4-15)25(27,28)29)31-14-21(32-23)35-18-8-11-33(12-9-18)24(34)16-1-2-16/h3-7,10,13-14,16,18H,1-2,8-9,11-12H2. The van der Waals surface area contributed by atoms with Crippen molar-refractivity contribution in [1.29, 1.82) is 0 Å². The van der Waals surface area contributed by atoms with E-state index in [1.54, 1.807) is 12.3 Å². The molecule has 1 saturated carbocycles. The van der Waals surface area contributed by atoms with E-state index in [-0.39, 0.29) is 23.8 Å². The molecule has 3 heterocycles. The van der Waals surface area contributed by atoms with Crippen LogP contribution in [-0.4, -0.2) is 45.0 Å². The predicted octanol–water partition coefficient (Wildman–Crippen LogP) is 5.66. The molecule has 1 aliphatic heterocycles. The molecule has 1 aliphatic carbocycles. The van der Waals surface area contributed by atoms with Gasteiger partial charge in [0.2, 0.25) is 11.8 Å². The maximum absolute atomic E-state index is 13.0. The normalized spacial score (nSPS) is 16.9. The van der Waals surface area contributed by atoms with Crippen molar-refractivity contribution >= 4 is 17.5 Å². The Morgan fingerprint density at radius 3 is 2.34 bits per heavy atom. The molecule has 6 nitrogen and oxygen atoms in total. The summed E-state index contributed by atoms with van der Waals surface area (Å²) in [5, 5.41) is 0.332. The molecule has 3 aromatic rings. The summed E-state index contributed by atoms with van der Waals surface area (Å²) >= 11 is 6.37. The van der Waals surface area contributed by atoms with Gasteiger partial charge in [0.15, 0.2) is 0 Å². The highest BCUT2D eigenvalue weighted by Crippen LogP contribution is 2.36. The molecule has 2 aromatic heterocycles. The number of likely N-dealkylation sites (tertiary alicyclic amines) is 1. The number of carbonyl (C=O) groups excluding carboxylic acids is 1. The highest BCUT2D eigenvalue weighted by molar-refractivity contribution is 6.33. The smallest absolute Gasteiger partial charge is 0.416 e. The first-order valence-electron chi connectivity index (χ1n) is 11.4. The van der Waals surface area contributed by atoms with Crippen LogP contribution in [0.5, 0.6) is 5.88 Å². The number of halogens is 4. The zero-order chi connectivity index (χ0) is 24.6. The van der Waals surface area contributed by atoms with Gasteiger partial charge in [0.05, 0.1) is 22.5 Å². The maximum Gasteiger partial charge on any atom is 0.416 e. The molecule has 2 aliphatic rings. The molecule has 10 heteroatoms. The van der Waals surface area contributed by atoms with Gasteiger partial charge >= 0.3 is 6.18 Å². The van der Waals surface area contributed by atoms with Crippen molar-refractivity contribution in [3.63, 3.8) is 0 Å². The number of alkyl halides is 3. The Balaban J connectivity index is 1.40. The van der Waals surface area contributed by atoms with Gasteiger partial charge in [-0.15, -0.1) is 0 Å². The number of carbonyl (C=O) groups is 1. The number of benzene rings is 1. The van der Waals surface area contributed by atoms with E-state index in [1.165, 1.54) is 24.5 Å². The number of hydrogen-bond acceptors (Lipinski definition) is 5. The Kier molecular flexibility index (Phi) is 6.35. The lowest BCUT2D eigenvalue weighted by Gasteiger charge is -2.32. The molecule has 2 fully saturated rings. The van der Waals surface area contributed by atoms with Gasteiger partial charge in [0, 0.05) is 55.4 Å². The Morgan fingerprint density at radius 2 is 1.71 bits per heavy atom. The summed E-state index contributed by atoms with van der Waals surface area (Å²) in [6.07, 6.45) is 3.27. The molecule has 35 heavy (non-hydrogen) atoms. The molecule has 1 amide bonds. The quantitative estimate of drug-likeness (QED) is 0.450. The fourth-order valence-electron chi connectivity index (χ4n) is 4.17. The lowest BCUT2D eigenvalue weighted by atomic mass is 10.0. The van der Waals surface area contributed by atoms with Crippen molar-refractivity contribution in [3.05, 3.63) is 59.5 Å². The molecule has 0 N–H and O–H groups in total. The van der Waals surface area contributed by atoms with E-state index >= 15 is 0 Å². The van der Waals surface area contributed by atoms with Crippen LogP contribution in [0.2, 0.25) is 5.02 Å². The van der Waals surface area contributed by atoms with E-state index in [4.69, 9.17) is 16.3 Å². The van der Waals surface area contributed by atoms with Crippen LogP contribution >= 0.6 is 11.6 Å². The number of amides is 1. The second-order valence-electron chi connectivity index (χ2n) is 8.75. The van der Waals surface area contributed by atoms with Crippen molar-refractivity contribution in [1.82, 2.24) is 19.9 Å². The van der Waals surface area contributed by atoms with Gasteiger partial charge in [-0.1, -0.05) is 23.7 Å². The fourth-order valence-corrected chi connectivity index (χ4v) is 4.38. The van der Waals surface area contributed by atoms with E-state index < -0.39 is 11.7 Å². The van der Waals surface area contributed by atoms with Crippen LogP contribution in [0.3, 0.4) is 0 Å². The van der Waals surface area contributed by atoms with Gasteiger partial charge in [-0.3, -0.25) is 9.78 Å². The summed E-state index contributed by atoms with van der Waals surface area (Å²) in [5.74, 6) is 0.720. The van der Waals surface area contributed by atoms with Gasteiger partial charge in [-0.05, 0) is 31.0 Å². The van der Waals surface area contributed by atoms with Crippen LogP contribution < -0.4 is 4.74 Å². The minimum Gasteiger partial charge on any atom is -0.473 e. The number of piperidine rings is 1. The molecule has 0 bridgehead atoms. The summed E-state index contributed by atoms with van der Waals surface area (Å²) in [7, 11) is 0. The molecule has 0 radical (unpaired) electrons. The summed E-state index contributed by atoms with van der Waals surface area (Å²) in [6, 6.07) is 6.41. The Hall–Kier alpha value is -3.20.